The highest BCUT2D eigenvalue weighted by atomic mass is 16.2. The summed E-state index contributed by atoms with van der Waals surface area (Å²) in [5.74, 6) is 0.0917. The molecule has 2 aliphatic heterocycles. The van der Waals surface area contributed by atoms with Crippen LogP contribution in [0.3, 0.4) is 0 Å². The van der Waals surface area contributed by atoms with Crippen molar-refractivity contribution in [3.63, 3.8) is 0 Å². The Morgan fingerprint density at radius 1 is 1.26 bits per heavy atom. The average Bonchev–Trinajstić information content (AvgIpc) is 3.25. The lowest BCUT2D eigenvalue weighted by Crippen LogP contribution is -2.41. The van der Waals surface area contributed by atoms with Gasteiger partial charge in [0.25, 0.3) is 0 Å². The van der Waals surface area contributed by atoms with Crippen LogP contribution in [-0.4, -0.2) is 47.9 Å². The molecule has 23 heavy (non-hydrogen) atoms. The molecule has 2 heterocycles. The van der Waals surface area contributed by atoms with Gasteiger partial charge < -0.3 is 9.80 Å². The van der Waals surface area contributed by atoms with E-state index in [9.17, 15) is 4.79 Å². The van der Waals surface area contributed by atoms with E-state index in [0.717, 1.165) is 31.5 Å². The van der Waals surface area contributed by atoms with Crippen molar-refractivity contribution in [2.75, 3.05) is 26.2 Å². The molecule has 4 heteroatoms. The van der Waals surface area contributed by atoms with Crippen molar-refractivity contribution in [3.8, 4) is 6.07 Å². The van der Waals surface area contributed by atoms with Crippen molar-refractivity contribution < 1.29 is 4.79 Å². The highest BCUT2D eigenvalue weighted by Crippen LogP contribution is 2.21. The molecule has 1 aromatic rings. The molecular formula is C19H23N3O. The number of hydrogen-bond acceptors (Lipinski definition) is 3. The standard InChI is InChI=1S/C19H23N3O/c20-14-17-6-3-5-16(13-17)8-9-19(23)22-12-4-7-18(22)15-21-10-1-2-11-21/h3,5-6,8-9,13,18H,1-2,4,7,10-12,15H2. The molecule has 1 atom stereocenters. The zero-order valence-electron chi connectivity index (χ0n) is 13.4. The van der Waals surface area contributed by atoms with Gasteiger partial charge in [0.1, 0.15) is 0 Å². The molecule has 0 bridgehead atoms. The minimum atomic E-state index is 0.0917. The van der Waals surface area contributed by atoms with Gasteiger partial charge in [0.2, 0.25) is 5.91 Å². The van der Waals surface area contributed by atoms with Gasteiger partial charge in [-0.25, -0.2) is 0 Å². The Morgan fingerprint density at radius 3 is 2.87 bits per heavy atom. The van der Waals surface area contributed by atoms with Gasteiger partial charge in [-0.2, -0.15) is 5.26 Å². The minimum absolute atomic E-state index is 0.0917. The van der Waals surface area contributed by atoms with Gasteiger partial charge in [-0.1, -0.05) is 12.1 Å². The van der Waals surface area contributed by atoms with Crippen LogP contribution < -0.4 is 0 Å². The van der Waals surface area contributed by atoms with Crippen molar-refractivity contribution in [3.05, 3.63) is 41.5 Å². The number of amides is 1. The first-order valence-corrected chi connectivity index (χ1v) is 8.47. The van der Waals surface area contributed by atoms with Crippen molar-refractivity contribution in [2.24, 2.45) is 0 Å². The summed E-state index contributed by atoms with van der Waals surface area (Å²) in [6.07, 6.45) is 8.25. The first-order chi connectivity index (χ1) is 11.3. The third-order valence-electron chi connectivity index (χ3n) is 4.76. The molecule has 0 spiro atoms. The van der Waals surface area contributed by atoms with Gasteiger partial charge in [0.05, 0.1) is 11.6 Å². The maximum absolute atomic E-state index is 12.5. The minimum Gasteiger partial charge on any atom is -0.335 e. The molecule has 0 aliphatic carbocycles. The summed E-state index contributed by atoms with van der Waals surface area (Å²) in [5, 5.41) is 8.93. The van der Waals surface area contributed by atoms with Gasteiger partial charge >= 0.3 is 0 Å². The molecular weight excluding hydrogens is 286 g/mol. The smallest absolute Gasteiger partial charge is 0.246 e. The van der Waals surface area contributed by atoms with Gasteiger partial charge in [-0.05, 0) is 62.5 Å². The van der Waals surface area contributed by atoms with Crippen molar-refractivity contribution >= 4 is 12.0 Å². The second-order valence-electron chi connectivity index (χ2n) is 6.41. The number of nitrogens with zero attached hydrogens (tertiary/aromatic N) is 3. The molecule has 2 saturated heterocycles. The molecule has 120 valence electrons. The van der Waals surface area contributed by atoms with E-state index in [-0.39, 0.29) is 5.91 Å². The fraction of sp³-hybridized carbons (Fsp3) is 0.474. The third kappa shape index (κ3) is 4.00. The van der Waals surface area contributed by atoms with E-state index < -0.39 is 0 Å². The fourth-order valence-corrected chi connectivity index (χ4v) is 3.55. The van der Waals surface area contributed by atoms with Gasteiger partial charge in [0, 0.05) is 25.2 Å². The maximum atomic E-state index is 12.5. The Labute approximate surface area is 138 Å². The first-order valence-electron chi connectivity index (χ1n) is 8.47. The summed E-state index contributed by atoms with van der Waals surface area (Å²) in [5.41, 5.74) is 1.51. The number of likely N-dealkylation sites (tertiary alicyclic amines) is 2. The van der Waals surface area contributed by atoms with Gasteiger partial charge in [-0.15, -0.1) is 0 Å². The van der Waals surface area contributed by atoms with Gasteiger partial charge in [0.15, 0.2) is 0 Å². The summed E-state index contributed by atoms with van der Waals surface area (Å²) >= 11 is 0. The van der Waals surface area contributed by atoms with Crippen LogP contribution >= 0.6 is 0 Å². The maximum Gasteiger partial charge on any atom is 0.246 e. The van der Waals surface area contributed by atoms with Crippen molar-refractivity contribution in [1.82, 2.24) is 9.80 Å². The van der Waals surface area contributed by atoms with Crippen LogP contribution in [0.5, 0.6) is 0 Å². The summed E-state index contributed by atoms with van der Waals surface area (Å²) in [4.78, 5) is 17.0. The van der Waals surface area contributed by atoms with E-state index in [4.69, 9.17) is 5.26 Å². The normalized spacial score (nSPS) is 21.9. The molecule has 0 saturated carbocycles. The molecule has 2 aliphatic rings. The molecule has 1 aromatic carbocycles. The second kappa shape index (κ2) is 7.43. The van der Waals surface area contributed by atoms with E-state index in [1.54, 1.807) is 18.2 Å². The average molecular weight is 309 g/mol. The summed E-state index contributed by atoms with van der Waals surface area (Å²) in [7, 11) is 0. The Hall–Kier alpha value is -2.12. The van der Waals surface area contributed by atoms with Crippen LogP contribution in [0.25, 0.3) is 6.08 Å². The van der Waals surface area contributed by atoms with E-state index in [1.165, 1.54) is 25.9 Å². The Kier molecular flexibility index (Phi) is 5.09. The van der Waals surface area contributed by atoms with Crippen LogP contribution in [0.4, 0.5) is 0 Å². The Morgan fingerprint density at radius 2 is 2.09 bits per heavy atom. The third-order valence-corrected chi connectivity index (χ3v) is 4.76. The number of nitriles is 1. The molecule has 0 radical (unpaired) electrons. The summed E-state index contributed by atoms with van der Waals surface area (Å²) in [6.45, 7) is 4.23. The van der Waals surface area contributed by atoms with Crippen LogP contribution in [0, 0.1) is 11.3 Å². The quantitative estimate of drug-likeness (QED) is 0.803. The van der Waals surface area contributed by atoms with Crippen molar-refractivity contribution in [1.29, 1.82) is 5.26 Å². The molecule has 3 rings (SSSR count). The molecule has 0 aromatic heterocycles. The highest BCUT2D eigenvalue weighted by molar-refractivity contribution is 5.92. The number of hydrogen-bond donors (Lipinski definition) is 0. The van der Waals surface area contributed by atoms with Crippen LogP contribution in [0.1, 0.15) is 36.8 Å². The first kappa shape index (κ1) is 15.8. The lowest BCUT2D eigenvalue weighted by atomic mass is 10.1. The Bertz CT molecular complexity index is 626. The molecule has 1 amide bonds. The number of carbonyl (C=O) groups excluding carboxylic acids is 1. The topological polar surface area (TPSA) is 47.3 Å². The summed E-state index contributed by atoms with van der Waals surface area (Å²) in [6, 6.07) is 9.81. The summed E-state index contributed by atoms with van der Waals surface area (Å²) < 4.78 is 0. The van der Waals surface area contributed by atoms with Crippen molar-refractivity contribution in [2.45, 2.75) is 31.7 Å². The van der Waals surface area contributed by atoms with E-state index >= 15 is 0 Å². The van der Waals surface area contributed by atoms with Gasteiger partial charge in [-0.3, -0.25) is 4.79 Å². The zero-order valence-corrected chi connectivity index (χ0v) is 13.4. The predicted octanol–water partition coefficient (Wildman–Crippen LogP) is 2.66. The Balaban J connectivity index is 1.61. The highest BCUT2D eigenvalue weighted by Gasteiger charge is 2.29. The molecule has 1 unspecified atom stereocenters. The SMILES string of the molecule is N#Cc1cccc(C=CC(=O)N2CCCC2CN2CCCC2)c1. The lowest BCUT2D eigenvalue weighted by molar-refractivity contribution is -0.127. The molecule has 4 nitrogen and oxygen atoms in total. The fourth-order valence-electron chi connectivity index (χ4n) is 3.55. The lowest BCUT2D eigenvalue weighted by Gasteiger charge is -2.27. The number of rotatable bonds is 4. The molecule has 2 fully saturated rings. The van der Waals surface area contributed by atoms with Crippen LogP contribution in [0.2, 0.25) is 0 Å². The van der Waals surface area contributed by atoms with E-state index in [1.807, 2.05) is 23.1 Å². The van der Waals surface area contributed by atoms with E-state index in [2.05, 4.69) is 11.0 Å². The largest absolute Gasteiger partial charge is 0.335 e. The number of carbonyl (C=O) groups is 1. The van der Waals surface area contributed by atoms with Crippen LogP contribution in [0.15, 0.2) is 30.3 Å². The van der Waals surface area contributed by atoms with Crippen LogP contribution in [-0.2, 0) is 4.79 Å². The molecule has 0 N–H and O–H groups in total. The number of benzene rings is 1. The second-order valence-corrected chi connectivity index (χ2v) is 6.41. The monoisotopic (exact) mass is 309 g/mol. The predicted molar refractivity (Wildman–Crippen MR) is 90.6 cm³/mol. The zero-order chi connectivity index (χ0) is 16.1. The van der Waals surface area contributed by atoms with E-state index in [0.29, 0.717) is 11.6 Å².